The second kappa shape index (κ2) is 7.81. The Morgan fingerprint density at radius 2 is 2.00 bits per heavy atom. The molecule has 1 aliphatic heterocycles. The van der Waals surface area contributed by atoms with Crippen LogP contribution in [0.5, 0.6) is 11.5 Å². The second-order valence-corrected chi connectivity index (χ2v) is 8.07. The summed E-state index contributed by atoms with van der Waals surface area (Å²) in [6, 6.07) is 13.0. The van der Waals surface area contributed by atoms with Crippen LogP contribution in [0, 0.1) is 6.92 Å². The molecule has 3 rings (SSSR count). The van der Waals surface area contributed by atoms with Crippen LogP contribution in [-0.2, 0) is 4.79 Å². The van der Waals surface area contributed by atoms with E-state index in [9.17, 15) is 4.79 Å². The Balaban J connectivity index is 1.76. The number of benzene rings is 2. The molecule has 0 aromatic heterocycles. The number of fused-ring (bicyclic) bond motifs is 1. The molecule has 1 amide bonds. The van der Waals surface area contributed by atoms with Crippen LogP contribution < -0.4 is 14.8 Å². The normalized spacial score (nSPS) is 18.8. The van der Waals surface area contributed by atoms with Crippen LogP contribution in [0.15, 0.2) is 42.5 Å². The van der Waals surface area contributed by atoms with Gasteiger partial charge in [-0.15, -0.1) is 0 Å². The highest BCUT2D eigenvalue weighted by molar-refractivity contribution is 6.30. The van der Waals surface area contributed by atoms with Gasteiger partial charge in [-0.3, -0.25) is 4.79 Å². The van der Waals surface area contributed by atoms with Gasteiger partial charge < -0.3 is 14.8 Å². The van der Waals surface area contributed by atoms with E-state index in [0.717, 1.165) is 16.9 Å². The molecule has 0 fully saturated rings. The Morgan fingerprint density at radius 3 is 2.67 bits per heavy atom. The van der Waals surface area contributed by atoms with Gasteiger partial charge >= 0.3 is 0 Å². The van der Waals surface area contributed by atoms with E-state index in [4.69, 9.17) is 21.1 Å². The molecule has 0 radical (unpaired) electrons. The molecule has 5 heteroatoms. The fourth-order valence-electron chi connectivity index (χ4n) is 3.35. The van der Waals surface area contributed by atoms with Crippen LogP contribution in [0.3, 0.4) is 0 Å². The van der Waals surface area contributed by atoms with Gasteiger partial charge in [0.05, 0.1) is 6.04 Å². The zero-order chi connectivity index (χ0) is 19.6. The first-order chi connectivity index (χ1) is 12.8. The van der Waals surface area contributed by atoms with Crippen molar-refractivity contribution >= 4 is 17.5 Å². The van der Waals surface area contributed by atoms with Gasteiger partial charge in [0.1, 0.15) is 17.1 Å². The van der Waals surface area contributed by atoms with Crippen molar-refractivity contribution < 1.29 is 14.3 Å². The van der Waals surface area contributed by atoms with E-state index in [0.29, 0.717) is 23.6 Å². The summed E-state index contributed by atoms with van der Waals surface area (Å²) in [4.78, 5) is 12.9. The average Bonchev–Trinajstić information content (AvgIpc) is 2.59. The number of hydrogen-bond donors (Lipinski definition) is 1. The summed E-state index contributed by atoms with van der Waals surface area (Å²) in [6.45, 7) is 8.05. The van der Waals surface area contributed by atoms with Gasteiger partial charge in [-0.1, -0.05) is 30.7 Å². The number of amides is 1. The van der Waals surface area contributed by atoms with Crippen molar-refractivity contribution in [2.45, 2.75) is 58.3 Å². The SMILES string of the molecule is CC[C@H](Oc1ccc(Cl)cc1)C(=O)N[C@@H]1CC(C)(C)Oc2cc(C)ccc21. The van der Waals surface area contributed by atoms with Gasteiger partial charge in [0.15, 0.2) is 6.10 Å². The Labute approximate surface area is 165 Å². The van der Waals surface area contributed by atoms with E-state index in [1.165, 1.54) is 0 Å². The Morgan fingerprint density at radius 1 is 1.30 bits per heavy atom. The van der Waals surface area contributed by atoms with E-state index < -0.39 is 6.10 Å². The minimum Gasteiger partial charge on any atom is -0.487 e. The van der Waals surface area contributed by atoms with Crippen LogP contribution in [0.2, 0.25) is 5.02 Å². The smallest absolute Gasteiger partial charge is 0.261 e. The first-order valence-electron chi connectivity index (χ1n) is 9.29. The van der Waals surface area contributed by atoms with Crippen LogP contribution in [0.1, 0.15) is 50.8 Å². The summed E-state index contributed by atoms with van der Waals surface area (Å²) in [7, 11) is 0. The summed E-state index contributed by atoms with van der Waals surface area (Å²) < 4.78 is 12.0. The molecule has 1 aliphatic rings. The molecule has 144 valence electrons. The summed E-state index contributed by atoms with van der Waals surface area (Å²) >= 11 is 5.91. The number of halogens is 1. The van der Waals surface area contributed by atoms with E-state index in [1.807, 2.05) is 45.9 Å². The topological polar surface area (TPSA) is 47.6 Å². The summed E-state index contributed by atoms with van der Waals surface area (Å²) in [5.41, 5.74) is 1.79. The fourth-order valence-corrected chi connectivity index (χ4v) is 3.48. The maximum Gasteiger partial charge on any atom is 0.261 e. The van der Waals surface area contributed by atoms with Gasteiger partial charge in [0.25, 0.3) is 5.91 Å². The molecule has 0 unspecified atom stereocenters. The van der Waals surface area contributed by atoms with E-state index >= 15 is 0 Å². The lowest BCUT2D eigenvalue weighted by molar-refractivity contribution is -0.129. The maximum atomic E-state index is 12.9. The zero-order valence-electron chi connectivity index (χ0n) is 16.2. The minimum atomic E-state index is -0.564. The van der Waals surface area contributed by atoms with Crippen LogP contribution in [0.25, 0.3) is 0 Å². The van der Waals surface area contributed by atoms with E-state index in [-0.39, 0.29) is 17.6 Å². The van der Waals surface area contributed by atoms with Crippen LogP contribution in [0.4, 0.5) is 0 Å². The lowest BCUT2D eigenvalue weighted by Crippen LogP contribution is -2.45. The van der Waals surface area contributed by atoms with Crippen molar-refractivity contribution in [3.63, 3.8) is 0 Å². The van der Waals surface area contributed by atoms with Crippen molar-refractivity contribution in [2.75, 3.05) is 0 Å². The lowest BCUT2D eigenvalue weighted by Gasteiger charge is -2.38. The standard InChI is InChI=1S/C22H26ClNO3/c1-5-19(26-16-9-7-15(23)8-10-16)21(25)24-18-13-22(3,4)27-20-12-14(2)6-11-17(18)20/h6-12,18-19H,5,13H2,1-4H3,(H,24,25)/t18-,19+/m1/s1. The third kappa shape index (κ3) is 4.75. The fraction of sp³-hybridized carbons (Fsp3) is 0.409. The molecule has 0 spiro atoms. The third-order valence-electron chi connectivity index (χ3n) is 4.70. The van der Waals surface area contributed by atoms with Crippen molar-refractivity contribution in [2.24, 2.45) is 0 Å². The molecule has 1 heterocycles. The van der Waals surface area contributed by atoms with Gasteiger partial charge in [0.2, 0.25) is 0 Å². The summed E-state index contributed by atoms with van der Waals surface area (Å²) in [6.07, 6.45) is 0.708. The molecule has 4 nitrogen and oxygen atoms in total. The van der Waals surface area contributed by atoms with E-state index in [1.54, 1.807) is 24.3 Å². The number of carbonyl (C=O) groups excluding carboxylic acids is 1. The predicted octanol–water partition coefficient (Wildman–Crippen LogP) is 5.22. The highest BCUT2D eigenvalue weighted by Crippen LogP contribution is 2.40. The van der Waals surface area contributed by atoms with Crippen molar-refractivity contribution in [3.05, 3.63) is 58.6 Å². The minimum absolute atomic E-state index is 0.111. The first-order valence-corrected chi connectivity index (χ1v) is 9.67. The number of ether oxygens (including phenoxy) is 2. The van der Waals surface area contributed by atoms with E-state index in [2.05, 4.69) is 5.32 Å². The average molecular weight is 388 g/mol. The molecule has 0 aliphatic carbocycles. The molecule has 0 saturated carbocycles. The highest BCUT2D eigenvalue weighted by Gasteiger charge is 2.35. The third-order valence-corrected chi connectivity index (χ3v) is 4.95. The Bertz CT molecular complexity index is 817. The maximum absolute atomic E-state index is 12.9. The molecule has 2 aromatic rings. The lowest BCUT2D eigenvalue weighted by atomic mass is 9.89. The zero-order valence-corrected chi connectivity index (χ0v) is 17.0. The largest absolute Gasteiger partial charge is 0.487 e. The quantitative estimate of drug-likeness (QED) is 0.764. The van der Waals surface area contributed by atoms with Gasteiger partial charge in [-0.2, -0.15) is 0 Å². The van der Waals surface area contributed by atoms with Gasteiger partial charge in [-0.05, 0) is 63.1 Å². The molecule has 0 saturated heterocycles. The number of carbonyl (C=O) groups is 1. The molecule has 27 heavy (non-hydrogen) atoms. The number of nitrogens with one attached hydrogen (secondary N) is 1. The first kappa shape index (κ1) is 19.6. The molecule has 1 N–H and O–H groups in total. The molecule has 2 atom stereocenters. The van der Waals surface area contributed by atoms with Crippen molar-refractivity contribution in [1.82, 2.24) is 5.32 Å². The molecule has 2 aromatic carbocycles. The van der Waals surface area contributed by atoms with Gasteiger partial charge in [-0.25, -0.2) is 0 Å². The highest BCUT2D eigenvalue weighted by atomic mass is 35.5. The molecular weight excluding hydrogens is 362 g/mol. The van der Waals surface area contributed by atoms with Crippen LogP contribution in [-0.4, -0.2) is 17.6 Å². The summed E-state index contributed by atoms with van der Waals surface area (Å²) in [5, 5.41) is 3.80. The second-order valence-electron chi connectivity index (χ2n) is 7.64. The number of rotatable bonds is 5. The Hall–Kier alpha value is -2.20. The molecular formula is C22H26ClNO3. The Kier molecular flexibility index (Phi) is 5.66. The number of hydrogen-bond acceptors (Lipinski definition) is 3. The monoisotopic (exact) mass is 387 g/mol. The van der Waals surface area contributed by atoms with Crippen LogP contribution >= 0.6 is 11.6 Å². The van der Waals surface area contributed by atoms with Gasteiger partial charge in [0, 0.05) is 17.0 Å². The number of aryl methyl sites for hydroxylation is 1. The van der Waals surface area contributed by atoms with Crippen molar-refractivity contribution in [1.29, 1.82) is 0 Å². The summed E-state index contributed by atoms with van der Waals surface area (Å²) in [5.74, 6) is 1.34. The molecule has 0 bridgehead atoms. The van der Waals surface area contributed by atoms with Crippen molar-refractivity contribution in [3.8, 4) is 11.5 Å². The predicted molar refractivity (Wildman–Crippen MR) is 108 cm³/mol.